The maximum Gasteiger partial charge on any atom is 0.251 e. The topological polar surface area (TPSA) is 80.3 Å². The highest BCUT2D eigenvalue weighted by molar-refractivity contribution is 6.40. The van der Waals surface area contributed by atoms with E-state index < -0.39 is 0 Å². The average molecular weight is 462 g/mol. The minimum Gasteiger partial charge on any atom is -0.497 e. The zero-order valence-electron chi connectivity index (χ0n) is 19.1. The Balaban J connectivity index is 1.40. The van der Waals surface area contributed by atoms with Crippen LogP contribution in [0.5, 0.6) is 5.75 Å². The Bertz CT molecular complexity index is 1410. The van der Waals surface area contributed by atoms with Crippen LogP contribution in [-0.4, -0.2) is 23.8 Å². The minimum atomic E-state index is -0.167. The summed E-state index contributed by atoms with van der Waals surface area (Å²) >= 11 is 0. The predicted molar refractivity (Wildman–Crippen MR) is 136 cm³/mol. The summed E-state index contributed by atoms with van der Waals surface area (Å²) in [6.07, 6.45) is 3.42. The fourth-order valence-corrected chi connectivity index (χ4v) is 4.08. The van der Waals surface area contributed by atoms with E-state index in [9.17, 15) is 9.59 Å². The van der Waals surface area contributed by atoms with E-state index in [1.807, 2.05) is 72.8 Å². The second-order valence-electron chi connectivity index (χ2n) is 8.10. The number of Topliss-reactive ketones (excluding diaryl/α,β-unsaturated/α-hetero) is 1. The lowest BCUT2D eigenvalue weighted by Crippen LogP contribution is -2.22. The van der Waals surface area contributed by atoms with Gasteiger partial charge >= 0.3 is 0 Å². The highest BCUT2D eigenvalue weighted by Crippen LogP contribution is 2.39. The summed E-state index contributed by atoms with van der Waals surface area (Å²) in [6, 6.07) is 26.0. The molecule has 5 rings (SSSR count). The SMILES string of the molecule is COc1ccc(C2=C(Nc3ccc(C(=O)NCc4cccnc4)cc3)c3ccccc3C2=O)cc1. The number of fused-ring (bicyclic) bond motifs is 1. The van der Waals surface area contributed by atoms with E-state index >= 15 is 0 Å². The lowest BCUT2D eigenvalue weighted by molar-refractivity contribution is 0.0950. The average Bonchev–Trinajstić information content (AvgIpc) is 3.19. The number of methoxy groups -OCH3 is 1. The molecule has 0 spiro atoms. The van der Waals surface area contributed by atoms with Crippen molar-refractivity contribution < 1.29 is 14.3 Å². The van der Waals surface area contributed by atoms with Crippen molar-refractivity contribution in [2.24, 2.45) is 0 Å². The van der Waals surface area contributed by atoms with Crippen molar-refractivity contribution >= 4 is 28.6 Å². The van der Waals surface area contributed by atoms with E-state index in [4.69, 9.17) is 4.74 Å². The van der Waals surface area contributed by atoms with Gasteiger partial charge in [-0.2, -0.15) is 0 Å². The van der Waals surface area contributed by atoms with Crippen molar-refractivity contribution in [3.8, 4) is 5.75 Å². The number of allylic oxidation sites excluding steroid dienone is 1. The number of amides is 1. The Morgan fingerprint density at radius 2 is 1.63 bits per heavy atom. The van der Waals surface area contributed by atoms with Crippen LogP contribution in [0, 0.1) is 0 Å². The molecule has 6 nitrogen and oxygen atoms in total. The van der Waals surface area contributed by atoms with Gasteiger partial charge in [0.15, 0.2) is 5.78 Å². The van der Waals surface area contributed by atoms with Crippen LogP contribution in [0.3, 0.4) is 0 Å². The van der Waals surface area contributed by atoms with Gasteiger partial charge in [-0.3, -0.25) is 14.6 Å². The number of anilines is 1. The largest absolute Gasteiger partial charge is 0.497 e. The third kappa shape index (κ3) is 4.54. The molecule has 0 saturated carbocycles. The van der Waals surface area contributed by atoms with E-state index in [1.165, 1.54) is 0 Å². The maximum atomic E-state index is 13.3. The van der Waals surface area contributed by atoms with Crippen LogP contribution < -0.4 is 15.4 Å². The summed E-state index contributed by atoms with van der Waals surface area (Å²) < 4.78 is 5.26. The number of ketones is 1. The lowest BCUT2D eigenvalue weighted by Gasteiger charge is -2.13. The van der Waals surface area contributed by atoms with Crippen LogP contribution in [0.1, 0.15) is 37.4 Å². The van der Waals surface area contributed by atoms with Gasteiger partial charge in [0.1, 0.15) is 5.75 Å². The van der Waals surface area contributed by atoms with E-state index in [0.29, 0.717) is 23.2 Å². The number of carbonyl (C=O) groups excluding carboxylic acids is 2. The minimum absolute atomic E-state index is 0.0281. The zero-order valence-corrected chi connectivity index (χ0v) is 19.1. The number of hydrogen-bond donors (Lipinski definition) is 2. The number of ether oxygens (including phenoxy) is 1. The fourth-order valence-electron chi connectivity index (χ4n) is 4.08. The molecule has 0 saturated heterocycles. The molecular weight excluding hydrogens is 438 g/mol. The smallest absolute Gasteiger partial charge is 0.251 e. The van der Waals surface area contributed by atoms with Gasteiger partial charge in [0.25, 0.3) is 5.91 Å². The van der Waals surface area contributed by atoms with Crippen LogP contribution >= 0.6 is 0 Å². The van der Waals surface area contributed by atoms with Gasteiger partial charge in [0.05, 0.1) is 18.4 Å². The van der Waals surface area contributed by atoms with Gasteiger partial charge in [-0.25, -0.2) is 0 Å². The van der Waals surface area contributed by atoms with Crippen LogP contribution in [0.4, 0.5) is 5.69 Å². The van der Waals surface area contributed by atoms with Gasteiger partial charge in [0, 0.05) is 41.3 Å². The Morgan fingerprint density at radius 1 is 0.886 bits per heavy atom. The van der Waals surface area contributed by atoms with Crippen molar-refractivity contribution in [1.82, 2.24) is 10.3 Å². The lowest BCUT2D eigenvalue weighted by atomic mass is 10.0. The first-order valence-electron chi connectivity index (χ1n) is 11.2. The third-order valence-corrected chi connectivity index (χ3v) is 5.89. The van der Waals surface area contributed by atoms with Crippen molar-refractivity contribution in [3.63, 3.8) is 0 Å². The summed E-state index contributed by atoms with van der Waals surface area (Å²) in [7, 11) is 1.61. The van der Waals surface area contributed by atoms with Gasteiger partial charge in [-0.05, 0) is 53.6 Å². The first-order chi connectivity index (χ1) is 17.1. The summed E-state index contributed by atoms with van der Waals surface area (Å²) in [5.74, 6) is 0.531. The molecule has 0 fully saturated rings. The molecule has 4 aromatic rings. The Kier molecular flexibility index (Phi) is 6.09. The van der Waals surface area contributed by atoms with E-state index in [2.05, 4.69) is 15.6 Å². The number of nitrogens with zero attached hydrogens (tertiary/aromatic N) is 1. The normalized spacial score (nSPS) is 12.3. The molecule has 2 N–H and O–H groups in total. The monoisotopic (exact) mass is 461 g/mol. The number of pyridine rings is 1. The molecule has 0 aliphatic heterocycles. The number of aromatic nitrogens is 1. The van der Waals surface area contributed by atoms with Gasteiger partial charge < -0.3 is 15.4 Å². The van der Waals surface area contributed by atoms with E-state index in [1.54, 1.807) is 31.6 Å². The van der Waals surface area contributed by atoms with Crippen LogP contribution in [0.2, 0.25) is 0 Å². The van der Waals surface area contributed by atoms with Crippen molar-refractivity contribution in [1.29, 1.82) is 0 Å². The number of nitrogens with one attached hydrogen (secondary N) is 2. The second-order valence-corrected chi connectivity index (χ2v) is 8.10. The van der Waals surface area contributed by atoms with Crippen molar-refractivity contribution in [2.45, 2.75) is 6.54 Å². The van der Waals surface area contributed by atoms with E-state index in [-0.39, 0.29) is 11.7 Å². The van der Waals surface area contributed by atoms with Crippen LogP contribution in [0.25, 0.3) is 11.3 Å². The first kappa shape index (κ1) is 22.1. The summed E-state index contributed by atoms with van der Waals surface area (Å²) in [6.45, 7) is 0.406. The quantitative estimate of drug-likeness (QED) is 0.396. The van der Waals surface area contributed by atoms with Crippen LogP contribution in [0.15, 0.2) is 97.3 Å². The summed E-state index contributed by atoms with van der Waals surface area (Å²) in [5, 5.41) is 6.32. The van der Waals surface area contributed by atoms with Gasteiger partial charge in [0.2, 0.25) is 0 Å². The fraction of sp³-hybridized carbons (Fsp3) is 0.0690. The number of hydrogen-bond acceptors (Lipinski definition) is 5. The molecule has 0 radical (unpaired) electrons. The molecule has 35 heavy (non-hydrogen) atoms. The Morgan fingerprint density at radius 3 is 2.31 bits per heavy atom. The molecular formula is C29H23N3O3. The number of rotatable bonds is 7. The summed E-state index contributed by atoms with van der Waals surface area (Å²) in [5.41, 5.74) is 5.92. The molecule has 1 heterocycles. The predicted octanol–water partition coefficient (Wildman–Crippen LogP) is 5.20. The Hall–Kier alpha value is -4.71. The molecule has 1 aromatic heterocycles. The molecule has 1 aliphatic rings. The molecule has 6 heteroatoms. The van der Waals surface area contributed by atoms with Gasteiger partial charge in [-0.1, -0.05) is 42.5 Å². The number of carbonyl (C=O) groups is 2. The molecule has 0 bridgehead atoms. The van der Waals surface area contributed by atoms with E-state index in [0.717, 1.165) is 33.8 Å². The third-order valence-electron chi connectivity index (χ3n) is 5.89. The molecule has 0 unspecified atom stereocenters. The van der Waals surface area contributed by atoms with Gasteiger partial charge in [-0.15, -0.1) is 0 Å². The molecule has 3 aromatic carbocycles. The highest BCUT2D eigenvalue weighted by atomic mass is 16.5. The maximum absolute atomic E-state index is 13.3. The highest BCUT2D eigenvalue weighted by Gasteiger charge is 2.30. The Labute approximate surface area is 203 Å². The molecule has 172 valence electrons. The van der Waals surface area contributed by atoms with Crippen molar-refractivity contribution in [3.05, 3.63) is 125 Å². The zero-order chi connectivity index (χ0) is 24.2. The van der Waals surface area contributed by atoms with Crippen LogP contribution in [-0.2, 0) is 6.54 Å². The molecule has 1 aliphatic carbocycles. The summed E-state index contributed by atoms with van der Waals surface area (Å²) in [4.78, 5) is 29.9. The second kappa shape index (κ2) is 9.65. The molecule has 0 atom stereocenters. The first-order valence-corrected chi connectivity index (χ1v) is 11.2. The molecule has 1 amide bonds. The standard InChI is InChI=1S/C29H23N3O3/c1-35-23-14-10-20(11-15-23)26-27(24-6-2-3-7-25(24)28(26)33)32-22-12-8-21(9-13-22)29(34)31-18-19-5-4-16-30-17-19/h2-17,32H,18H2,1H3,(H,31,34). The number of benzene rings is 3. The van der Waals surface area contributed by atoms with Crippen molar-refractivity contribution in [2.75, 3.05) is 12.4 Å².